The van der Waals surface area contributed by atoms with Crippen LogP contribution in [-0.2, 0) is 9.84 Å². The van der Waals surface area contributed by atoms with E-state index in [0.29, 0.717) is 13.1 Å². The van der Waals surface area contributed by atoms with E-state index in [1.165, 1.54) is 17.0 Å². The molecule has 0 saturated heterocycles. The van der Waals surface area contributed by atoms with E-state index in [1.54, 1.807) is 13.8 Å². The molecule has 0 aliphatic carbocycles. The molecule has 1 aromatic heterocycles. The zero-order valence-corrected chi connectivity index (χ0v) is 15.2. The number of hydrogen-bond donors (Lipinski definition) is 0. The van der Waals surface area contributed by atoms with Crippen LogP contribution >= 0.6 is 23.2 Å². The molecule has 0 spiro atoms. The molecule has 1 amide bonds. The molecule has 0 aliphatic heterocycles. The fourth-order valence-corrected chi connectivity index (χ4v) is 4.34. The van der Waals surface area contributed by atoms with Crippen LogP contribution in [0.4, 0.5) is 9.18 Å². The molecule has 0 unspecified atom stereocenters. The summed E-state index contributed by atoms with van der Waals surface area (Å²) in [5.41, 5.74) is 0. The summed E-state index contributed by atoms with van der Waals surface area (Å²) in [5.74, 6) is -1.02. The molecule has 0 N–H and O–H groups in total. The zero-order chi connectivity index (χ0) is 18.1. The highest BCUT2D eigenvalue weighted by molar-refractivity contribution is 7.91. The van der Waals surface area contributed by atoms with Crippen molar-refractivity contribution in [1.29, 1.82) is 0 Å². The summed E-state index contributed by atoms with van der Waals surface area (Å²) in [6.45, 7) is 4.36. The van der Waals surface area contributed by atoms with Gasteiger partial charge in [0.1, 0.15) is 10.7 Å². The third-order valence-corrected chi connectivity index (χ3v) is 5.89. The van der Waals surface area contributed by atoms with Crippen molar-refractivity contribution in [3.8, 4) is 0 Å². The minimum Gasteiger partial charge on any atom is -0.323 e. The highest BCUT2D eigenvalue weighted by atomic mass is 35.5. The van der Waals surface area contributed by atoms with Gasteiger partial charge in [-0.25, -0.2) is 17.6 Å². The van der Waals surface area contributed by atoms with E-state index >= 15 is 0 Å². The van der Waals surface area contributed by atoms with E-state index in [4.69, 9.17) is 23.2 Å². The SMILES string of the molecule is CCN(CC)C(=O)n1cc(Cl)c(S(=O)(=O)c2c(F)cccc2Cl)n1. The Morgan fingerprint density at radius 1 is 1.25 bits per heavy atom. The number of carbonyl (C=O) groups is 1. The Kier molecular flexibility index (Phi) is 5.52. The molecule has 130 valence electrons. The van der Waals surface area contributed by atoms with E-state index in [1.807, 2.05) is 0 Å². The Balaban J connectivity index is 2.56. The molecule has 0 bridgehead atoms. The van der Waals surface area contributed by atoms with Gasteiger partial charge in [-0.2, -0.15) is 9.78 Å². The lowest BCUT2D eigenvalue weighted by Crippen LogP contribution is -2.34. The highest BCUT2D eigenvalue weighted by Gasteiger charge is 2.31. The second-order valence-corrected chi connectivity index (χ2v) is 7.35. The van der Waals surface area contributed by atoms with E-state index < -0.39 is 31.6 Å². The summed E-state index contributed by atoms with van der Waals surface area (Å²) in [5, 5.41) is 2.52. The van der Waals surface area contributed by atoms with Crippen LogP contribution in [-0.4, -0.2) is 42.2 Å². The number of amides is 1. The summed E-state index contributed by atoms with van der Waals surface area (Å²) in [4.78, 5) is 12.9. The largest absolute Gasteiger partial charge is 0.344 e. The van der Waals surface area contributed by atoms with Gasteiger partial charge in [-0.15, -0.1) is 0 Å². The van der Waals surface area contributed by atoms with Crippen molar-refractivity contribution in [3.05, 3.63) is 40.3 Å². The number of benzene rings is 1. The second kappa shape index (κ2) is 7.08. The number of aromatic nitrogens is 2. The van der Waals surface area contributed by atoms with Crippen LogP contribution in [0.2, 0.25) is 10.0 Å². The van der Waals surface area contributed by atoms with Crippen molar-refractivity contribution in [2.24, 2.45) is 0 Å². The van der Waals surface area contributed by atoms with E-state index in [-0.39, 0.29) is 10.0 Å². The standard InChI is InChI=1S/C14H14Cl2FN3O3S/c1-3-19(4-2)14(21)20-8-10(16)13(18-20)24(22,23)12-9(15)6-5-7-11(12)17/h5-8H,3-4H2,1-2H3. The maximum Gasteiger partial charge on any atom is 0.344 e. The Hall–Kier alpha value is -1.64. The first-order valence-corrected chi connectivity index (χ1v) is 9.21. The predicted molar refractivity (Wildman–Crippen MR) is 87.8 cm³/mol. The molecule has 0 fully saturated rings. The fourth-order valence-electron chi connectivity index (χ4n) is 2.09. The van der Waals surface area contributed by atoms with Gasteiger partial charge in [0.25, 0.3) is 0 Å². The van der Waals surface area contributed by atoms with Gasteiger partial charge >= 0.3 is 6.03 Å². The molecule has 10 heteroatoms. The first kappa shape index (κ1) is 18.7. The number of halogens is 3. The summed E-state index contributed by atoms with van der Waals surface area (Å²) in [7, 11) is -4.42. The lowest BCUT2D eigenvalue weighted by Gasteiger charge is -2.17. The summed E-state index contributed by atoms with van der Waals surface area (Å²) in [6, 6.07) is 2.94. The smallest absolute Gasteiger partial charge is 0.323 e. The van der Waals surface area contributed by atoms with E-state index in [0.717, 1.165) is 16.9 Å². The number of rotatable bonds is 4. The van der Waals surface area contributed by atoms with Crippen LogP contribution in [0.1, 0.15) is 13.8 Å². The topological polar surface area (TPSA) is 72.3 Å². The maximum absolute atomic E-state index is 13.9. The normalized spacial score (nSPS) is 11.5. The van der Waals surface area contributed by atoms with Gasteiger partial charge in [0.15, 0.2) is 0 Å². The maximum atomic E-state index is 13.9. The van der Waals surface area contributed by atoms with Gasteiger partial charge in [0.05, 0.1) is 16.2 Å². The van der Waals surface area contributed by atoms with Crippen LogP contribution in [0.3, 0.4) is 0 Å². The predicted octanol–water partition coefficient (Wildman–Crippen LogP) is 3.47. The van der Waals surface area contributed by atoms with Crippen molar-refractivity contribution in [1.82, 2.24) is 14.7 Å². The molecule has 0 aliphatic rings. The Morgan fingerprint density at radius 2 is 1.88 bits per heavy atom. The molecule has 0 atom stereocenters. The lowest BCUT2D eigenvalue weighted by molar-refractivity contribution is 0.201. The van der Waals surface area contributed by atoms with Gasteiger partial charge in [-0.05, 0) is 26.0 Å². The lowest BCUT2D eigenvalue weighted by atomic mass is 10.3. The number of nitrogens with zero attached hydrogens (tertiary/aromatic N) is 3. The molecule has 1 aromatic carbocycles. The van der Waals surface area contributed by atoms with Crippen LogP contribution in [0.15, 0.2) is 34.3 Å². The summed E-state index contributed by atoms with van der Waals surface area (Å²) < 4.78 is 40.0. The average molecular weight is 394 g/mol. The van der Waals surface area contributed by atoms with Crippen LogP contribution in [0.25, 0.3) is 0 Å². The third-order valence-electron chi connectivity index (χ3n) is 3.31. The molecule has 0 radical (unpaired) electrons. The van der Waals surface area contributed by atoms with Crippen LogP contribution in [0, 0.1) is 5.82 Å². The second-order valence-electron chi connectivity index (χ2n) is 4.74. The summed E-state index contributed by atoms with van der Waals surface area (Å²) in [6.07, 6.45) is 1.07. The van der Waals surface area contributed by atoms with Crippen LogP contribution in [0.5, 0.6) is 0 Å². The molecular weight excluding hydrogens is 380 g/mol. The first-order valence-electron chi connectivity index (χ1n) is 6.97. The third kappa shape index (κ3) is 3.26. The molecule has 0 saturated carbocycles. The van der Waals surface area contributed by atoms with Gasteiger partial charge in [0.2, 0.25) is 14.9 Å². The van der Waals surface area contributed by atoms with Crippen molar-refractivity contribution in [3.63, 3.8) is 0 Å². The molecule has 2 rings (SSSR count). The van der Waals surface area contributed by atoms with Gasteiger partial charge < -0.3 is 4.90 Å². The van der Waals surface area contributed by atoms with Gasteiger partial charge in [0, 0.05) is 13.1 Å². The van der Waals surface area contributed by atoms with E-state index in [2.05, 4.69) is 5.10 Å². The number of carbonyl (C=O) groups excluding carboxylic acids is 1. The molecule has 24 heavy (non-hydrogen) atoms. The number of sulfone groups is 1. The van der Waals surface area contributed by atoms with Crippen LogP contribution < -0.4 is 0 Å². The molecule has 2 aromatic rings. The van der Waals surface area contributed by atoms with Gasteiger partial charge in [-0.1, -0.05) is 29.3 Å². The molecule has 6 nitrogen and oxygen atoms in total. The first-order chi connectivity index (χ1) is 11.2. The van der Waals surface area contributed by atoms with Crippen molar-refractivity contribution in [2.45, 2.75) is 23.8 Å². The molecular formula is C14H14Cl2FN3O3S. The quantitative estimate of drug-likeness (QED) is 0.796. The Bertz CT molecular complexity index is 859. The zero-order valence-electron chi connectivity index (χ0n) is 12.8. The minimum absolute atomic E-state index is 0.296. The fraction of sp³-hybridized carbons (Fsp3) is 0.286. The van der Waals surface area contributed by atoms with Crippen molar-refractivity contribution >= 4 is 39.1 Å². The average Bonchev–Trinajstić information content (AvgIpc) is 2.90. The van der Waals surface area contributed by atoms with E-state index in [9.17, 15) is 17.6 Å². The van der Waals surface area contributed by atoms with Gasteiger partial charge in [-0.3, -0.25) is 0 Å². The minimum atomic E-state index is -4.42. The molecule has 1 heterocycles. The monoisotopic (exact) mass is 393 g/mol. The summed E-state index contributed by atoms with van der Waals surface area (Å²) >= 11 is 11.7. The Labute approximate surface area is 148 Å². The highest BCUT2D eigenvalue weighted by Crippen LogP contribution is 2.32. The Morgan fingerprint density at radius 3 is 2.42 bits per heavy atom. The number of hydrogen-bond acceptors (Lipinski definition) is 4. The van der Waals surface area contributed by atoms with Crippen molar-refractivity contribution in [2.75, 3.05) is 13.1 Å². The van der Waals surface area contributed by atoms with Crippen molar-refractivity contribution < 1.29 is 17.6 Å².